The summed E-state index contributed by atoms with van der Waals surface area (Å²) in [6, 6.07) is 21.9. The molecule has 0 spiro atoms. The highest BCUT2D eigenvalue weighted by Crippen LogP contribution is 2.50. The van der Waals surface area contributed by atoms with Gasteiger partial charge in [0.1, 0.15) is 5.41 Å². The number of amides is 1. The summed E-state index contributed by atoms with van der Waals surface area (Å²) >= 11 is 1.58. The summed E-state index contributed by atoms with van der Waals surface area (Å²) < 4.78 is 0. The quantitative estimate of drug-likeness (QED) is 0.596. The molecule has 1 aliphatic heterocycles. The molecule has 0 radical (unpaired) electrons. The summed E-state index contributed by atoms with van der Waals surface area (Å²) in [6.45, 7) is 3.55. The van der Waals surface area contributed by atoms with E-state index in [1.165, 1.54) is 0 Å². The molecule has 158 valence electrons. The molecule has 0 saturated carbocycles. The molecule has 0 atom stereocenters. The molecule has 0 saturated heterocycles. The number of benzene rings is 2. The van der Waals surface area contributed by atoms with Gasteiger partial charge in [-0.05, 0) is 43.9 Å². The largest absolute Gasteiger partial charge is 0.309 e. The van der Waals surface area contributed by atoms with Crippen molar-refractivity contribution in [3.8, 4) is 6.07 Å². The Morgan fingerprint density at radius 3 is 2.00 bits per heavy atom. The average Bonchev–Trinajstić information content (AvgIpc) is 2.98. The third-order valence-electron chi connectivity index (χ3n) is 5.19. The van der Waals surface area contributed by atoms with Crippen molar-refractivity contribution in [2.24, 2.45) is 0 Å². The molecular formula is C24H28ClN3OS. The highest BCUT2D eigenvalue weighted by molar-refractivity contribution is 8.03. The van der Waals surface area contributed by atoms with Crippen LogP contribution >= 0.6 is 24.2 Å². The van der Waals surface area contributed by atoms with Crippen LogP contribution in [-0.2, 0) is 10.2 Å². The number of hydrogen-bond donors (Lipinski definition) is 0. The van der Waals surface area contributed by atoms with Gasteiger partial charge in [0, 0.05) is 6.54 Å². The summed E-state index contributed by atoms with van der Waals surface area (Å²) in [4.78, 5) is 18.0. The van der Waals surface area contributed by atoms with Crippen LogP contribution in [0.5, 0.6) is 0 Å². The number of thioether (sulfide) groups is 1. The minimum atomic E-state index is -1.09. The minimum Gasteiger partial charge on any atom is -0.309 e. The molecule has 30 heavy (non-hydrogen) atoms. The second-order valence-corrected chi connectivity index (χ2v) is 8.57. The van der Waals surface area contributed by atoms with Gasteiger partial charge in [-0.3, -0.25) is 4.79 Å². The van der Waals surface area contributed by atoms with Gasteiger partial charge in [-0.2, -0.15) is 5.26 Å². The molecule has 1 amide bonds. The van der Waals surface area contributed by atoms with Gasteiger partial charge in [0.15, 0.2) is 0 Å². The van der Waals surface area contributed by atoms with Crippen molar-refractivity contribution >= 4 is 30.1 Å². The standard InChI is InChI=1S/C24H27N3OS.ClH/c1-4-29-22-21(18-25)24(19-12-7-5-8-13-19,20-14-9-6-10-15-20)23(28)27(22)17-11-16-26(2)3;/h5-10,12-15H,4,11,16-17H2,1-3H3;1H. The maximum absolute atomic E-state index is 14.1. The molecule has 2 aromatic rings. The van der Waals surface area contributed by atoms with Crippen molar-refractivity contribution in [2.75, 3.05) is 32.9 Å². The Hall–Kier alpha value is -2.26. The van der Waals surface area contributed by atoms with Crippen molar-refractivity contribution in [1.82, 2.24) is 9.80 Å². The number of carbonyl (C=O) groups excluding carboxylic acids is 1. The second kappa shape index (κ2) is 10.7. The lowest BCUT2D eigenvalue weighted by Gasteiger charge is -2.30. The van der Waals surface area contributed by atoms with Gasteiger partial charge in [-0.1, -0.05) is 67.6 Å². The van der Waals surface area contributed by atoms with Gasteiger partial charge in [-0.25, -0.2) is 0 Å². The first-order chi connectivity index (χ1) is 14.1. The zero-order chi connectivity index (χ0) is 20.9. The van der Waals surface area contributed by atoms with Crippen LogP contribution in [0.15, 0.2) is 71.3 Å². The lowest BCUT2D eigenvalue weighted by atomic mass is 9.70. The van der Waals surface area contributed by atoms with Crippen molar-refractivity contribution in [1.29, 1.82) is 5.26 Å². The Morgan fingerprint density at radius 1 is 1.03 bits per heavy atom. The van der Waals surface area contributed by atoms with Gasteiger partial charge in [-0.15, -0.1) is 24.2 Å². The Balaban J connectivity index is 0.00000320. The van der Waals surface area contributed by atoms with E-state index >= 15 is 0 Å². The minimum absolute atomic E-state index is 0. The van der Waals surface area contributed by atoms with Gasteiger partial charge in [0.05, 0.1) is 16.7 Å². The summed E-state index contributed by atoms with van der Waals surface area (Å²) in [5.74, 6) is 0.777. The van der Waals surface area contributed by atoms with Crippen molar-refractivity contribution in [3.63, 3.8) is 0 Å². The third-order valence-corrected chi connectivity index (χ3v) is 6.18. The van der Waals surface area contributed by atoms with Crippen LogP contribution in [0.2, 0.25) is 0 Å². The summed E-state index contributed by atoms with van der Waals surface area (Å²) in [5.41, 5.74) is 1.14. The van der Waals surface area contributed by atoms with E-state index in [9.17, 15) is 10.1 Å². The van der Waals surface area contributed by atoms with Crippen molar-refractivity contribution in [2.45, 2.75) is 18.8 Å². The normalized spacial score (nSPS) is 15.3. The number of rotatable bonds is 8. The first-order valence-electron chi connectivity index (χ1n) is 9.92. The van der Waals surface area contributed by atoms with Crippen molar-refractivity contribution in [3.05, 3.63) is 82.4 Å². The molecular weight excluding hydrogens is 414 g/mol. The Bertz CT molecular complexity index is 883. The molecule has 0 aliphatic carbocycles. The van der Waals surface area contributed by atoms with E-state index in [1.54, 1.807) is 11.8 Å². The first-order valence-corrected chi connectivity index (χ1v) is 10.9. The van der Waals surface area contributed by atoms with Crippen LogP contribution in [0, 0.1) is 11.3 Å². The predicted molar refractivity (Wildman–Crippen MR) is 127 cm³/mol. The number of halogens is 1. The Kier molecular flexibility index (Phi) is 8.54. The number of nitriles is 1. The Labute approximate surface area is 190 Å². The first kappa shape index (κ1) is 24.0. The lowest BCUT2D eigenvalue weighted by Crippen LogP contribution is -2.42. The molecule has 0 N–H and O–H groups in total. The molecule has 6 heteroatoms. The lowest BCUT2D eigenvalue weighted by molar-refractivity contribution is -0.130. The van der Waals surface area contributed by atoms with E-state index in [4.69, 9.17) is 0 Å². The third kappa shape index (κ3) is 4.27. The van der Waals surface area contributed by atoms with E-state index < -0.39 is 5.41 Å². The number of hydrogen-bond acceptors (Lipinski definition) is 4. The zero-order valence-corrected chi connectivity index (χ0v) is 19.3. The fraction of sp³-hybridized carbons (Fsp3) is 0.333. The summed E-state index contributed by atoms with van der Waals surface area (Å²) in [6.07, 6.45) is 0.852. The van der Waals surface area contributed by atoms with Crippen LogP contribution < -0.4 is 0 Å². The monoisotopic (exact) mass is 441 g/mol. The highest BCUT2D eigenvalue weighted by atomic mass is 35.5. The molecule has 0 bridgehead atoms. The topological polar surface area (TPSA) is 47.3 Å². The fourth-order valence-corrected chi connectivity index (χ4v) is 4.89. The molecule has 0 unspecified atom stereocenters. The maximum atomic E-state index is 14.1. The van der Waals surface area contributed by atoms with Crippen LogP contribution in [0.1, 0.15) is 24.5 Å². The van der Waals surface area contributed by atoms with Gasteiger partial charge >= 0.3 is 0 Å². The highest BCUT2D eigenvalue weighted by Gasteiger charge is 2.55. The van der Waals surface area contributed by atoms with Crippen LogP contribution in [0.25, 0.3) is 0 Å². The van der Waals surface area contributed by atoms with E-state index in [0.29, 0.717) is 12.1 Å². The SMILES string of the molecule is CCSC1=C(C#N)C(c2ccccc2)(c2ccccc2)C(=O)N1CCCN(C)C.Cl. The molecule has 4 nitrogen and oxygen atoms in total. The summed E-state index contributed by atoms with van der Waals surface area (Å²) in [5, 5.41) is 11.1. The van der Waals surface area contributed by atoms with E-state index in [1.807, 2.05) is 79.7 Å². The van der Waals surface area contributed by atoms with E-state index in [0.717, 1.165) is 34.9 Å². The number of nitrogens with zero attached hydrogens (tertiary/aromatic N) is 3. The van der Waals surface area contributed by atoms with Crippen LogP contribution in [-0.4, -0.2) is 48.6 Å². The molecule has 2 aromatic carbocycles. The molecule has 3 rings (SSSR count). The fourth-order valence-electron chi connectivity index (χ4n) is 3.94. The average molecular weight is 442 g/mol. The van der Waals surface area contributed by atoms with Gasteiger partial charge in [0.2, 0.25) is 5.91 Å². The second-order valence-electron chi connectivity index (χ2n) is 7.32. The van der Waals surface area contributed by atoms with Crippen LogP contribution in [0.4, 0.5) is 0 Å². The predicted octanol–water partition coefficient (Wildman–Crippen LogP) is 4.68. The zero-order valence-electron chi connectivity index (χ0n) is 17.7. The molecule has 0 fully saturated rings. The molecule has 1 heterocycles. The van der Waals surface area contributed by atoms with Gasteiger partial charge < -0.3 is 9.80 Å². The molecule has 1 aliphatic rings. The summed E-state index contributed by atoms with van der Waals surface area (Å²) in [7, 11) is 4.06. The van der Waals surface area contributed by atoms with Gasteiger partial charge in [0.25, 0.3) is 0 Å². The van der Waals surface area contributed by atoms with Crippen LogP contribution in [0.3, 0.4) is 0 Å². The molecule has 0 aromatic heterocycles. The van der Waals surface area contributed by atoms with Crippen molar-refractivity contribution < 1.29 is 4.79 Å². The smallest absolute Gasteiger partial charge is 0.247 e. The van der Waals surface area contributed by atoms with E-state index in [2.05, 4.69) is 17.9 Å². The number of carbonyl (C=O) groups is 1. The van der Waals surface area contributed by atoms with E-state index in [-0.39, 0.29) is 18.3 Å². The maximum Gasteiger partial charge on any atom is 0.247 e. The Morgan fingerprint density at radius 2 is 1.57 bits per heavy atom.